The van der Waals surface area contributed by atoms with Gasteiger partial charge < -0.3 is 9.84 Å². The lowest BCUT2D eigenvalue weighted by Gasteiger charge is -2.62. The maximum absolute atomic E-state index is 14.2. The Bertz CT molecular complexity index is 803. The van der Waals surface area contributed by atoms with E-state index in [0.717, 1.165) is 44.9 Å². The van der Waals surface area contributed by atoms with Crippen LogP contribution in [0.15, 0.2) is 0 Å². The van der Waals surface area contributed by atoms with Crippen LogP contribution in [0.2, 0.25) is 0 Å². The third-order valence-electron chi connectivity index (χ3n) is 10.6. The van der Waals surface area contributed by atoms with E-state index in [1.165, 1.54) is 7.11 Å². The highest BCUT2D eigenvalue weighted by atomic mass is 16.5. The molecule has 0 heterocycles. The van der Waals surface area contributed by atoms with Crippen LogP contribution in [0, 0.1) is 52.3 Å². The first-order valence-corrected chi connectivity index (χ1v) is 12.5. The lowest BCUT2D eigenvalue weighted by molar-refractivity contribution is -0.173. The molecule has 10 atom stereocenters. The van der Waals surface area contributed by atoms with Crippen LogP contribution in [0.4, 0.5) is 0 Å². The molecule has 4 nitrogen and oxygen atoms in total. The summed E-state index contributed by atoms with van der Waals surface area (Å²) in [6.07, 6.45) is 4.98. The van der Waals surface area contributed by atoms with E-state index in [-0.39, 0.29) is 46.3 Å². The van der Waals surface area contributed by atoms with Crippen LogP contribution in [-0.2, 0) is 14.3 Å². The minimum atomic E-state index is -1.87. The summed E-state index contributed by atoms with van der Waals surface area (Å²) in [6, 6.07) is 0. The number of ether oxygens (including phenoxy) is 1. The van der Waals surface area contributed by atoms with Gasteiger partial charge in [0.15, 0.2) is 0 Å². The van der Waals surface area contributed by atoms with Gasteiger partial charge in [-0.3, -0.25) is 9.59 Å². The number of methoxy groups -OCH3 is 1. The van der Waals surface area contributed by atoms with Gasteiger partial charge in [0.1, 0.15) is 5.78 Å². The summed E-state index contributed by atoms with van der Waals surface area (Å²) < 4.78 is 30.1. The van der Waals surface area contributed by atoms with E-state index in [0.29, 0.717) is 24.7 Å². The number of Topliss-reactive ketones (excluding diaryl/α,β-unsaturated/α-hetero) is 1. The van der Waals surface area contributed by atoms with Gasteiger partial charge in [0.2, 0.25) is 0 Å². The van der Waals surface area contributed by atoms with E-state index in [4.69, 9.17) is 8.85 Å². The molecule has 4 rings (SSSR count). The number of aliphatic hydroxyl groups is 1. The quantitative estimate of drug-likeness (QED) is 0.586. The van der Waals surface area contributed by atoms with Gasteiger partial charge >= 0.3 is 5.97 Å². The van der Waals surface area contributed by atoms with Gasteiger partial charge in [-0.15, -0.1) is 0 Å². The molecule has 0 saturated heterocycles. The molecule has 0 aromatic rings. The summed E-state index contributed by atoms with van der Waals surface area (Å²) in [4.78, 5) is 26.0. The number of carbonyl (C=O) groups excluding carboxylic acids is 2. The second-order valence-corrected chi connectivity index (χ2v) is 11.7. The van der Waals surface area contributed by atoms with Crippen molar-refractivity contribution in [3.05, 3.63) is 0 Å². The first-order chi connectivity index (χ1) is 15.9. The smallest absolute Gasteiger partial charge is 0.305 e. The lowest BCUT2D eigenvalue weighted by Crippen LogP contribution is -2.60. The van der Waals surface area contributed by atoms with Crippen LogP contribution in [0.5, 0.6) is 0 Å². The Morgan fingerprint density at radius 2 is 1.90 bits per heavy atom. The van der Waals surface area contributed by atoms with E-state index in [2.05, 4.69) is 20.8 Å². The maximum atomic E-state index is 14.2. The fourth-order valence-corrected chi connectivity index (χ4v) is 8.87. The standard InChI is InChI=1S/C27H44O4/c1-6-18-22-15-17(28)11-13-27(22,4)21-12-14-26(3)19(16(2)7-10-23(29)31-5)8-9-20(26)24(21)25(18)30/h16-22,24,28H,6-15H2,1-5H3/t16-,17?,18?,19-,20+,21+,22+,24+,26-,27-/m1/s1/i1D,6D2. The molecule has 4 aliphatic rings. The zero-order chi connectivity index (χ0) is 25.1. The summed E-state index contributed by atoms with van der Waals surface area (Å²) in [5, 5.41) is 10.5. The number of ketones is 1. The molecule has 0 bridgehead atoms. The van der Waals surface area contributed by atoms with Crippen LogP contribution in [0.1, 0.15) is 95.9 Å². The van der Waals surface area contributed by atoms with E-state index >= 15 is 0 Å². The third-order valence-corrected chi connectivity index (χ3v) is 10.6. The van der Waals surface area contributed by atoms with Crippen molar-refractivity contribution in [2.75, 3.05) is 7.11 Å². The average Bonchev–Trinajstić information content (AvgIpc) is 3.15. The first-order valence-electron chi connectivity index (χ1n) is 14.2. The number of esters is 1. The molecule has 0 spiro atoms. The lowest BCUT2D eigenvalue weighted by atomic mass is 9.42. The number of rotatable bonds is 5. The van der Waals surface area contributed by atoms with Gasteiger partial charge in [-0.2, -0.15) is 0 Å². The molecule has 176 valence electrons. The molecule has 0 aliphatic heterocycles. The van der Waals surface area contributed by atoms with E-state index in [1.54, 1.807) is 0 Å². The first kappa shape index (κ1) is 19.6. The Kier molecular flexibility index (Phi) is 5.34. The highest BCUT2D eigenvalue weighted by Crippen LogP contribution is 2.68. The summed E-state index contributed by atoms with van der Waals surface area (Å²) in [5.41, 5.74) is -0.150. The summed E-state index contributed by atoms with van der Waals surface area (Å²) >= 11 is 0. The number of aliphatic hydroxyl groups excluding tert-OH is 1. The van der Waals surface area contributed by atoms with Gasteiger partial charge in [0.05, 0.1) is 13.2 Å². The Morgan fingerprint density at radius 1 is 1.19 bits per heavy atom. The van der Waals surface area contributed by atoms with Crippen molar-refractivity contribution >= 4 is 11.8 Å². The molecule has 31 heavy (non-hydrogen) atoms. The van der Waals surface area contributed by atoms with Crippen molar-refractivity contribution < 1.29 is 23.5 Å². The topological polar surface area (TPSA) is 63.6 Å². The van der Waals surface area contributed by atoms with Crippen molar-refractivity contribution in [1.29, 1.82) is 0 Å². The number of carbonyl (C=O) groups is 2. The van der Waals surface area contributed by atoms with E-state index < -0.39 is 25.3 Å². The Balaban J connectivity index is 1.66. The summed E-state index contributed by atoms with van der Waals surface area (Å²) in [7, 11) is 1.43. The van der Waals surface area contributed by atoms with Crippen LogP contribution in [0.25, 0.3) is 0 Å². The number of hydrogen-bond donors (Lipinski definition) is 1. The molecule has 1 N–H and O–H groups in total. The van der Waals surface area contributed by atoms with Crippen molar-refractivity contribution in [3.8, 4) is 0 Å². The van der Waals surface area contributed by atoms with Crippen molar-refractivity contribution in [2.24, 2.45) is 52.3 Å². The van der Waals surface area contributed by atoms with Gasteiger partial charge in [-0.25, -0.2) is 0 Å². The highest BCUT2D eigenvalue weighted by Gasteiger charge is 2.65. The van der Waals surface area contributed by atoms with Gasteiger partial charge in [-0.1, -0.05) is 27.7 Å². The predicted octanol–water partition coefficient (Wildman–Crippen LogP) is 5.41. The maximum Gasteiger partial charge on any atom is 0.305 e. The normalized spacial score (nSPS) is 49.6. The Labute approximate surface area is 193 Å². The monoisotopic (exact) mass is 435 g/mol. The zero-order valence-electron chi connectivity index (χ0n) is 22.9. The molecule has 2 unspecified atom stereocenters. The van der Waals surface area contributed by atoms with Crippen molar-refractivity contribution in [1.82, 2.24) is 0 Å². The minimum Gasteiger partial charge on any atom is -0.469 e. The van der Waals surface area contributed by atoms with E-state index in [1.807, 2.05) is 0 Å². The molecule has 0 aromatic heterocycles. The second-order valence-electron chi connectivity index (χ2n) is 11.7. The average molecular weight is 436 g/mol. The minimum absolute atomic E-state index is 0.0158. The zero-order valence-corrected chi connectivity index (χ0v) is 19.9. The van der Waals surface area contributed by atoms with Crippen molar-refractivity contribution in [3.63, 3.8) is 0 Å². The highest BCUT2D eigenvalue weighted by molar-refractivity contribution is 5.86. The molecule has 0 amide bonds. The SMILES string of the molecule is [2H]CC([2H])([2H])C1C(=O)[C@@H]2[C@H](CC[C@]3(C)[C@@H]([C@H](C)CCC(=O)OC)CC[C@@H]23)[C@@]2(C)CCC(O)C[C@@H]12. The third kappa shape index (κ3) is 3.60. The fourth-order valence-electron chi connectivity index (χ4n) is 8.87. The molecule has 4 fully saturated rings. The molecule has 4 aliphatic carbocycles. The fraction of sp³-hybridized carbons (Fsp3) is 0.926. The van der Waals surface area contributed by atoms with Gasteiger partial charge in [-0.05, 0) is 98.2 Å². The van der Waals surface area contributed by atoms with E-state index in [9.17, 15) is 14.7 Å². The van der Waals surface area contributed by atoms with Crippen LogP contribution in [-0.4, -0.2) is 30.1 Å². The summed E-state index contributed by atoms with van der Waals surface area (Å²) in [5.74, 6) is 0.00797. The molecule has 0 aromatic carbocycles. The van der Waals surface area contributed by atoms with Gasteiger partial charge in [0.25, 0.3) is 0 Å². The van der Waals surface area contributed by atoms with Crippen molar-refractivity contribution in [2.45, 2.75) is 97.9 Å². The number of fused-ring (bicyclic) bond motifs is 5. The largest absolute Gasteiger partial charge is 0.469 e. The van der Waals surface area contributed by atoms with Gasteiger partial charge in [0, 0.05) is 22.4 Å². The molecule has 4 saturated carbocycles. The second kappa shape index (κ2) is 8.47. The Hall–Kier alpha value is -0.900. The Morgan fingerprint density at radius 3 is 2.61 bits per heavy atom. The molecular weight excluding hydrogens is 388 g/mol. The number of hydrogen-bond acceptors (Lipinski definition) is 4. The van der Waals surface area contributed by atoms with Crippen LogP contribution < -0.4 is 0 Å². The molecule has 0 radical (unpaired) electrons. The van der Waals surface area contributed by atoms with Crippen LogP contribution >= 0.6 is 0 Å². The predicted molar refractivity (Wildman–Crippen MR) is 121 cm³/mol. The molecular formula is C27H44O4. The summed E-state index contributed by atoms with van der Waals surface area (Å²) in [6.45, 7) is 6.42. The van der Waals surface area contributed by atoms with Crippen LogP contribution in [0.3, 0.4) is 0 Å². The molecule has 4 heteroatoms.